The monoisotopic (exact) mass is 648 g/mol. The Morgan fingerprint density at radius 1 is 1.13 bits per heavy atom. The summed E-state index contributed by atoms with van der Waals surface area (Å²) in [5, 5.41) is 14.3. The molecule has 1 atom stereocenters. The summed E-state index contributed by atoms with van der Waals surface area (Å²) in [4.78, 5) is 48.4. The Morgan fingerprint density at radius 3 is 2.66 bits per heavy atom. The molecule has 4 rings (SSSR count). The van der Waals surface area contributed by atoms with Crippen LogP contribution in [0.5, 0.6) is 5.88 Å². The molecular formula is C33H44N8O6. The molecule has 14 heteroatoms. The number of nitrogens with zero attached hydrogens (tertiary/aromatic N) is 5. The Kier molecular flexibility index (Phi) is 11.8. The van der Waals surface area contributed by atoms with Crippen LogP contribution in [0.25, 0.3) is 10.9 Å². The molecular weight excluding hydrogens is 604 g/mol. The number of likely N-dealkylation sites (tertiary alicyclic amines) is 1. The van der Waals surface area contributed by atoms with Gasteiger partial charge in [0, 0.05) is 31.7 Å². The molecule has 0 spiro atoms. The SMILES string of the molecule is CCCNc1nc(Nc2ccc3c(OC)nn(C(=O)OCC)c3c2)ncc1C#CCCCNC(=O)[C@@H]1CCCN1C(=O)OC(C)(C)C. The summed E-state index contributed by atoms with van der Waals surface area (Å²) in [7, 11) is 1.49. The lowest BCUT2D eigenvalue weighted by molar-refractivity contribution is -0.125. The minimum atomic E-state index is -0.616. The minimum absolute atomic E-state index is 0.174. The fourth-order valence-electron chi connectivity index (χ4n) is 4.92. The van der Waals surface area contributed by atoms with Crippen molar-refractivity contribution in [3.63, 3.8) is 0 Å². The minimum Gasteiger partial charge on any atom is -0.479 e. The van der Waals surface area contributed by atoms with Crippen LogP contribution in [-0.2, 0) is 14.3 Å². The first-order valence-electron chi connectivity index (χ1n) is 15.9. The molecule has 0 saturated carbocycles. The third kappa shape index (κ3) is 9.25. The van der Waals surface area contributed by atoms with E-state index in [1.165, 1.54) is 12.0 Å². The van der Waals surface area contributed by atoms with Crippen molar-refractivity contribution >= 4 is 46.5 Å². The number of carbonyl (C=O) groups is 3. The molecule has 1 aliphatic heterocycles. The molecule has 3 N–H and O–H groups in total. The molecule has 3 heterocycles. The largest absolute Gasteiger partial charge is 0.479 e. The fraction of sp³-hybridized carbons (Fsp3) is 0.515. The Balaban J connectivity index is 1.37. The number of amides is 2. The molecule has 2 aromatic heterocycles. The van der Waals surface area contributed by atoms with Crippen LogP contribution in [0.15, 0.2) is 24.4 Å². The zero-order valence-corrected chi connectivity index (χ0v) is 27.9. The van der Waals surface area contributed by atoms with Crippen LogP contribution in [0.2, 0.25) is 0 Å². The van der Waals surface area contributed by atoms with E-state index in [0.29, 0.717) is 78.7 Å². The van der Waals surface area contributed by atoms with Crippen molar-refractivity contribution in [2.75, 3.05) is 44.0 Å². The molecule has 0 bridgehead atoms. The molecule has 1 aliphatic rings. The van der Waals surface area contributed by atoms with Gasteiger partial charge in [-0.15, -0.1) is 5.10 Å². The number of anilines is 3. The number of fused-ring (bicyclic) bond motifs is 1. The zero-order chi connectivity index (χ0) is 34.0. The first-order chi connectivity index (χ1) is 22.5. The van der Waals surface area contributed by atoms with E-state index >= 15 is 0 Å². The van der Waals surface area contributed by atoms with E-state index in [1.54, 1.807) is 25.3 Å². The summed E-state index contributed by atoms with van der Waals surface area (Å²) in [5.41, 5.74) is 1.18. The maximum Gasteiger partial charge on any atom is 0.435 e. The summed E-state index contributed by atoms with van der Waals surface area (Å²) in [5.74, 6) is 7.36. The summed E-state index contributed by atoms with van der Waals surface area (Å²) < 4.78 is 17.1. The third-order valence-corrected chi connectivity index (χ3v) is 7.05. The Hall–Kier alpha value is -5.06. The Morgan fingerprint density at radius 2 is 1.94 bits per heavy atom. The van der Waals surface area contributed by atoms with Crippen LogP contribution < -0.4 is 20.7 Å². The zero-order valence-electron chi connectivity index (χ0n) is 27.9. The van der Waals surface area contributed by atoms with Crippen LogP contribution in [0.4, 0.5) is 27.0 Å². The van der Waals surface area contributed by atoms with Gasteiger partial charge in [0.15, 0.2) is 0 Å². The number of carbonyl (C=O) groups excluding carboxylic acids is 3. The van der Waals surface area contributed by atoms with Gasteiger partial charge in [0.25, 0.3) is 0 Å². The summed E-state index contributed by atoms with van der Waals surface area (Å²) in [6, 6.07) is 4.84. The summed E-state index contributed by atoms with van der Waals surface area (Å²) in [6.45, 7) is 11.1. The Bertz CT molecular complexity index is 1640. The predicted octanol–water partition coefficient (Wildman–Crippen LogP) is 5.05. The van der Waals surface area contributed by atoms with Crippen molar-refractivity contribution in [2.45, 2.75) is 78.4 Å². The van der Waals surface area contributed by atoms with Crippen molar-refractivity contribution in [3.05, 3.63) is 30.0 Å². The van der Waals surface area contributed by atoms with Crippen molar-refractivity contribution in [2.24, 2.45) is 0 Å². The lowest BCUT2D eigenvalue weighted by Gasteiger charge is -2.28. The highest BCUT2D eigenvalue weighted by Crippen LogP contribution is 2.29. The number of hydrogen-bond donors (Lipinski definition) is 3. The second-order valence-electron chi connectivity index (χ2n) is 11.9. The normalized spacial score (nSPS) is 14.3. The number of unbranched alkanes of at least 4 members (excludes halogenated alkanes) is 1. The van der Waals surface area contributed by atoms with Crippen molar-refractivity contribution in [1.29, 1.82) is 0 Å². The molecule has 0 aliphatic carbocycles. The summed E-state index contributed by atoms with van der Waals surface area (Å²) in [6.07, 6.45) is 4.05. The molecule has 3 aromatic rings. The van der Waals surface area contributed by atoms with Crippen LogP contribution >= 0.6 is 0 Å². The molecule has 2 amide bonds. The molecule has 1 aromatic carbocycles. The number of benzene rings is 1. The first-order valence-corrected chi connectivity index (χ1v) is 15.9. The second kappa shape index (κ2) is 16.0. The summed E-state index contributed by atoms with van der Waals surface area (Å²) >= 11 is 0. The molecule has 14 nitrogen and oxygen atoms in total. The Labute approximate surface area is 274 Å². The van der Waals surface area contributed by atoms with Crippen molar-refractivity contribution < 1.29 is 28.6 Å². The van der Waals surface area contributed by atoms with Crippen molar-refractivity contribution in [1.82, 2.24) is 30.0 Å². The van der Waals surface area contributed by atoms with Gasteiger partial charge in [0.05, 0.1) is 36.4 Å². The van der Waals surface area contributed by atoms with Crippen molar-refractivity contribution in [3.8, 4) is 17.7 Å². The van der Waals surface area contributed by atoms with E-state index in [4.69, 9.17) is 14.2 Å². The molecule has 0 radical (unpaired) electrons. The average molecular weight is 649 g/mol. The van der Waals surface area contributed by atoms with Crippen LogP contribution in [-0.4, -0.2) is 87.7 Å². The van der Waals surface area contributed by atoms with E-state index in [9.17, 15) is 14.4 Å². The van der Waals surface area contributed by atoms with E-state index in [0.717, 1.165) is 17.5 Å². The maximum absolute atomic E-state index is 12.8. The smallest absolute Gasteiger partial charge is 0.435 e. The van der Waals surface area contributed by atoms with Gasteiger partial charge in [-0.2, -0.15) is 9.67 Å². The average Bonchev–Trinajstić information content (AvgIpc) is 3.67. The topological polar surface area (TPSA) is 162 Å². The van der Waals surface area contributed by atoms with Gasteiger partial charge in [0.1, 0.15) is 17.5 Å². The highest BCUT2D eigenvalue weighted by molar-refractivity contribution is 5.93. The third-order valence-electron chi connectivity index (χ3n) is 7.05. The number of hydrogen-bond acceptors (Lipinski definition) is 11. The number of aromatic nitrogens is 4. The number of rotatable bonds is 11. The number of methoxy groups -OCH3 is 1. The van der Waals surface area contributed by atoms with E-state index in [-0.39, 0.29) is 12.5 Å². The molecule has 1 fully saturated rings. The standard InChI is InChI=1S/C33H44N8O6/c1-7-17-34-27-22(13-10-9-11-18-35-28(42)25-14-12-19-40(25)31(43)47-33(3,4)5)21-36-30(38-27)37-23-15-16-24-26(20-23)41(32(44)46-8-2)39-29(24)45-6/h15-16,20-21,25H,7-9,11-12,14,17-19H2,1-6H3,(H,35,42)(H2,34,36,37,38)/t25-/m0/s1. The van der Waals surface area contributed by atoms with Gasteiger partial charge >= 0.3 is 12.2 Å². The molecule has 0 unspecified atom stereocenters. The molecule has 47 heavy (non-hydrogen) atoms. The molecule has 1 saturated heterocycles. The van der Waals surface area contributed by atoms with E-state index < -0.39 is 23.8 Å². The predicted molar refractivity (Wildman–Crippen MR) is 178 cm³/mol. The molecule has 252 valence electrons. The van der Waals surface area contributed by atoms with Gasteiger partial charge in [-0.05, 0) is 71.6 Å². The van der Waals surface area contributed by atoms with E-state index in [2.05, 4.69) is 49.8 Å². The highest BCUT2D eigenvalue weighted by Gasteiger charge is 2.36. The fourth-order valence-corrected chi connectivity index (χ4v) is 4.92. The van der Waals surface area contributed by atoms with Gasteiger partial charge in [0.2, 0.25) is 17.7 Å². The first kappa shape index (κ1) is 34.8. The van der Waals surface area contributed by atoms with Gasteiger partial charge in [-0.3, -0.25) is 9.69 Å². The highest BCUT2D eigenvalue weighted by atomic mass is 16.6. The number of nitrogens with one attached hydrogen (secondary N) is 3. The lowest BCUT2D eigenvalue weighted by Crippen LogP contribution is -2.47. The van der Waals surface area contributed by atoms with Gasteiger partial charge in [-0.25, -0.2) is 14.6 Å². The quantitative estimate of drug-likeness (QED) is 0.188. The van der Waals surface area contributed by atoms with Gasteiger partial charge < -0.3 is 30.2 Å². The maximum atomic E-state index is 12.8. The van der Waals surface area contributed by atoms with Crippen LogP contribution in [0.3, 0.4) is 0 Å². The van der Waals surface area contributed by atoms with E-state index in [1.807, 2.05) is 26.8 Å². The lowest BCUT2D eigenvalue weighted by atomic mass is 10.2. The van der Waals surface area contributed by atoms with Crippen LogP contribution in [0.1, 0.15) is 72.3 Å². The number of ether oxygens (including phenoxy) is 3. The second-order valence-corrected chi connectivity index (χ2v) is 11.9. The van der Waals surface area contributed by atoms with Gasteiger partial charge in [-0.1, -0.05) is 18.8 Å². The van der Waals surface area contributed by atoms with Crippen LogP contribution in [0, 0.1) is 11.8 Å².